The molecule has 0 spiro atoms. The molecule has 0 bridgehead atoms. The third-order valence-electron chi connectivity index (χ3n) is 3.75. The van der Waals surface area contributed by atoms with Gasteiger partial charge in [0, 0.05) is 16.7 Å². The fourth-order valence-corrected chi connectivity index (χ4v) is 2.48. The summed E-state index contributed by atoms with van der Waals surface area (Å²) in [6.45, 7) is 2.03. The largest absolute Gasteiger partial charge is 0.271 e. The monoisotopic (exact) mass is 314 g/mol. The zero-order valence-electron chi connectivity index (χ0n) is 13.4. The Hall–Kier alpha value is -3.20. The van der Waals surface area contributed by atoms with Crippen molar-refractivity contribution in [2.75, 3.05) is 0 Å². The van der Waals surface area contributed by atoms with E-state index in [0.29, 0.717) is 5.56 Å². The van der Waals surface area contributed by atoms with E-state index in [1.165, 1.54) is 0 Å². The van der Waals surface area contributed by atoms with Gasteiger partial charge in [0.15, 0.2) is 0 Å². The second kappa shape index (κ2) is 7.38. The van der Waals surface area contributed by atoms with Crippen molar-refractivity contribution in [3.05, 3.63) is 107 Å². The van der Waals surface area contributed by atoms with Crippen molar-refractivity contribution in [1.29, 1.82) is 0 Å². The van der Waals surface area contributed by atoms with Crippen molar-refractivity contribution in [3.8, 4) is 0 Å². The summed E-state index contributed by atoms with van der Waals surface area (Å²) in [7, 11) is 0. The van der Waals surface area contributed by atoms with Crippen LogP contribution < -0.4 is 5.43 Å². The first-order chi connectivity index (χ1) is 11.8. The maximum Gasteiger partial charge on any atom is 0.271 e. The quantitative estimate of drug-likeness (QED) is 0.570. The maximum atomic E-state index is 12.3. The van der Waals surface area contributed by atoms with Gasteiger partial charge in [-0.1, -0.05) is 72.8 Å². The van der Waals surface area contributed by atoms with Gasteiger partial charge in [-0.3, -0.25) is 4.79 Å². The molecule has 0 saturated heterocycles. The van der Waals surface area contributed by atoms with Gasteiger partial charge >= 0.3 is 0 Å². The summed E-state index contributed by atoms with van der Waals surface area (Å²) >= 11 is 0. The molecule has 3 aromatic carbocycles. The van der Waals surface area contributed by atoms with Crippen LogP contribution in [-0.2, 0) is 0 Å². The number of hydrazone groups is 1. The Balaban J connectivity index is 1.96. The Morgan fingerprint density at radius 1 is 0.750 bits per heavy atom. The molecule has 1 amide bonds. The van der Waals surface area contributed by atoms with E-state index in [0.717, 1.165) is 22.4 Å². The average molecular weight is 314 g/mol. The van der Waals surface area contributed by atoms with Crippen LogP contribution in [0.1, 0.15) is 27.0 Å². The average Bonchev–Trinajstić information content (AvgIpc) is 2.65. The molecule has 3 aromatic rings. The molecule has 0 unspecified atom stereocenters. The fourth-order valence-electron chi connectivity index (χ4n) is 2.48. The summed E-state index contributed by atoms with van der Waals surface area (Å²) in [4.78, 5) is 12.3. The van der Waals surface area contributed by atoms with E-state index in [2.05, 4.69) is 10.5 Å². The van der Waals surface area contributed by atoms with Crippen LogP contribution in [0, 0.1) is 6.92 Å². The number of hydrogen-bond acceptors (Lipinski definition) is 2. The van der Waals surface area contributed by atoms with Gasteiger partial charge in [-0.25, -0.2) is 5.43 Å². The molecule has 118 valence electrons. The lowest BCUT2D eigenvalue weighted by Crippen LogP contribution is -2.20. The first-order valence-electron chi connectivity index (χ1n) is 7.80. The maximum absolute atomic E-state index is 12.3. The van der Waals surface area contributed by atoms with E-state index in [4.69, 9.17) is 0 Å². The number of amides is 1. The van der Waals surface area contributed by atoms with Crippen LogP contribution in [0.25, 0.3) is 0 Å². The Labute approximate surface area is 141 Å². The molecule has 0 aromatic heterocycles. The van der Waals surface area contributed by atoms with Crippen molar-refractivity contribution >= 4 is 11.6 Å². The van der Waals surface area contributed by atoms with Crippen molar-refractivity contribution in [2.24, 2.45) is 5.10 Å². The summed E-state index contributed by atoms with van der Waals surface area (Å²) in [6.07, 6.45) is 0. The van der Waals surface area contributed by atoms with Crippen molar-refractivity contribution < 1.29 is 4.79 Å². The highest BCUT2D eigenvalue weighted by Crippen LogP contribution is 2.14. The third-order valence-corrected chi connectivity index (χ3v) is 3.75. The molecule has 0 heterocycles. The smallest absolute Gasteiger partial charge is 0.267 e. The van der Waals surface area contributed by atoms with Gasteiger partial charge in [0.2, 0.25) is 0 Å². The van der Waals surface area contributed by atoms with E-state index in [9.17, 15) is 4.79 Å². The standard InChI is InChI=1S/C21H18N2O/c1-16-10-8-9-15-19(16)20(17-11-4-2-5-12-17)22-23-21(24)18-13-6-3-7-14-18/h2-15H,1H3,(H,23,24). The Bertz CT molecular complexity index is 855. The predicted octanol–water partition coefficient (Wildman–Crippen LogP) is 4.18. The van der Waals surface area contributed by atoms with Crippen LogP contribution in [0.5, 0.6) is 0 Å². The van der Waals surface area contributed by atoms with E-state index in [-0.39, 0.29) is 5.91 Å². The fraction of sp³-hybridized carbons (Fsp3) is 0.0476. The van der Waals surface area contributed by atoms with Crippen LogP contribution in [0.4, 0.5) is 0 Å². The van der Waals surface area contributed by atoms with Gasteiger partial charge in [0.25, 0.3) is 5.91 Å². The first kappa shape index (κ1) is 15.7. The highest BCUT2D eigenvalue weighted by molar-refractivity contribution is 6.14. The highest BCUT2D eigenvalue weighted by atomic mass is 16.2. The minimum absolute atomic E-state index is 0.224. The van der Waals surface area contributed by atoms with Gasteiger partial charge in [-0.15, -0.1) is 0 Å². The SMILES string of the molecule is Cc1ccccc1C(=NNC(=O)c1ccccc1)c1ccccc1. The molecule has 3 heteroatoms. The molecular formula is C21H18N2O. The topological polar surface area (TPSA) is 41.5 Å². The van der Waals surface area contributed by atoms with Crippen molar-refractivity contribution in [1.82, 2.24) is 5.43 Å². The summed E-state index contributed by atoms with van der Waals surface area (Å²) < 4.78 is 0. The minimum Gasteiger partial charge on any atom is -0.267 e. The number of benzene rings is 3. The Morgan fingerprint density at radius 2 is 1.29 bits per heavy atom. The lowest BCUT2D eigenvalue weighted by atomic mass is 9.98. The van der Waals surface area contributed by atoms with Gasteiger partial charge in [-0.2, -0.15) is 5.10 Å². The van der Waals surface area contributed by atoms with Crippen LogP contribution in [-0.4, -0.2) is 11.6 Å². The van der Waals surface area contributed by atoms with Gasteiger partial charge in [0.05, 0.1) is 5.71 Å². The molecule has 0 saturated carbocycles. The third kappa shape index (κ3) is 3.58. The summed E-state index contributed by atoms with van der Waals surface area (Å²) in [5.41, 5.74) is 7.06. The second-order valence-corrected chi connectivity index (χ2v) is 5.45. The van der Waals surface area contributed by atoms with Gasteiger partial charge in [0.1, 0.15) is 0 Å². The predicted molar refractivity (Wildman–Crippen MR) is 97.2 cm³/mol. The molecule has 3 rings (SSSR count). The molecule has 24 heavy (non-hydrogen) atoms. The highest BCUT2D eigenvalue weighted by Gasteiger charge is 2.11. The second-order valence-electron chi connectivity index (χ2n) is 5.45. The van der Waals surface area contributed by atoms with Crippen molar-refractivity contribution in [3.63, 3.8) is 0 Å². The van der Waals surface area contributed by atoms with Crippen LogP contribution in [0.15, 0.2) is 90.0 Å². The number of nitrogens with one attached hydrogen (secondary N) is 1. The van der Waals surface area contributed by atoms with Crippen molar-refractivity contribution in [2.45, 2.75) is 6.92 Å². The number of nitrogens with zero attached hydrogens (tertiary/aromatic N) is 1. The van der Waals surface area contributed by atoms with E-state index >= 15 is 0 Å². The van der Waals surface area contributed by atoms with Gasteiger partial charge < -0.3 is 0 Å². The number of hydrogen-bond donors (Lipinski definition) is 1. The van der Waals surface area contributed by atoms with Gasteiger partial charge in [-0.05, 0) is 24.6 Å². The van der Waals surface area contributed by atoms with Crippen LogP contribution >= 0.6 is 0 Å². The molecular weight excluding hydrogens is 296 g/mol. The molecule has 0 atom stereocenters. The lowest BCUT2D eigenvalue weighted by Gasteiger charge is -2.10. The summed E-state index contributed by atoms with van der Waals surface area (Å²) in [6, 6.07) is 26.9. The zero-order valence-corrected chi connectivity index (χ0v) is 13.4. The summed E-state index contributed by atoms with van der Waals surface area (Å²) in [5, 5.41) is 4.42. The first-order valence-corrected chi connectivity index (χ1v) is 7.80. The van der Waals surface area contributed by atoms with E-state index in [1.54, 1.807) is 12.1 Å². The molecule has 0 radical (unpaired) electrons. The lowest BCUT2D eigenvalue weighted by molar-refractivity contribution is 0.0955. The molecule has 0 aliphatic heterocycles. The molecule has 0 aliphatic carbocycles. The van der Waals surface area contributed by atoms with Crippen LogP contribution in [0.2, 0.25) is 0 Å². The minimum atomic E-state index is -0.224. The number of aryl methyl sites for hydroxylation is 1. The van der Waals surface area contributed by atoms with E-state index in [1.807, 2.05) is 79.7 Å². The normalized spacial score (nSPS) is 11.1. The summed E-state index contributed by atoms with van der Waals surface area (Å²) in [5.74, 6) is -0.224. The Kier molecular flexibility index (Phi) is 4.82. The number of rotatable bonds is 4. The molecule has 0 aliphatic rings. The number of carbonyl (C=O) groups is 1. The number of carbonyl (C=O) groups excluding carboxylic acids is 1. The van der Waals surface area contributed by atoms with Crippen LogP contribution in [0.3, 0.4) is 0 Å². The zero-order chi connectivity index (χ0) is 16.8. The molecule has 0 fully saturated rings. The molecule has 1 N–H and O–H groups in total. The van der Waals surface area contributed by atoms with E-state index < -0.39 is 0 Å². The molecule has 3 nitrogen and oxygen atoms in total. The Morgan fingerprint density at radius 3 is 1.92 bits per heavy atom.